The van der Waals surface area contributed by atoms with Gasteiger partial charge >= 0.3 is 6.18 Å². The van der Waals surface area contributed by atoms with Gasteiger partial charge in [-0.15, -0.1) is 0 Å². The maximum atomic E-state index is 13.0. The molecule has 1 heterocycles. The summed E-state index contributed by atoms with van der Waals surface area (Å²) in [5.41, 5.74) is -0.693. The minimum Gasteiger partial charge on any atom is -0.441 e. The standard InChI is InChI=1S/C15H17F3N2O/c1-2-8-19-9-7-14-20-10-13(21-14)11-5-3-4-6-12(11)15(16,17)18/h3-6,10,19H,2,7-9H2,1H3. The number of alkyl halides is 3. The first-order valence-corrected chi connectivity index (χ1v) is 6.84. The summed E-state index contributed by atoms with van der Waals surface area (Å²) in [5, 5.41) is 3.19. The number of rotatable bonds is 6. The van der Waals surface area contributed by atoms with Crippen LogP contribution >= 0.6 is 0 Å². The summed E-state index contributed by atoms with van der Waals surface area (Å²) < 4.78 is 44.3. The molecule has 6 heteroatoms. The van der Waals surface area contributed by atoms with Crippen LogP contribution in [0.3, 0.4) is 0 Å². The van der Waals surface area contributed by atoms with Crippen molar-refractivity contribution in [2.45, 2.75) is 25.9 Å². The predicted octanol–water partition coefficient (Wildman–Crippen LogP) is 3.90. The van der Waals surface area contributed by atoms with Gasteiger partial charge in [-0.25, -0.2) is 4.98 Å². The number of halogens is 3. The minimum atomic E-state index is -4.41. The van der Waals surface area contributed by atoms with Gasteiger partial charge in [-0.2, -0.15) is 13.2 Å². The van der Waals surface area contributed by atoms with E-state index in [1.165, 1.54) is 18.3 Å². The van der Waals surface area contributed by atoms with Crippen LogP contribution in [0.5, 0.6) is 0 Å². The van der Waals surface area contributed by atoms with Gasteiger partial charge in [0.05, 0.1) is 11.8 Å². The largest absolute Gasteiger partial charge is 0.441 e. The van der Waals surface area contributed by atoms with Crippen molar-refractivity contribution in [3.63, 3.8) is 0 Å². The summed E-state index contributed by atoms with van der Waals surface area (Å²) >= 11 is 0. The van der Waals surface area contributed by atoms with Crippen LogP contribution < -0.4 is 5.32 Å². The van der Waals surface area contributed by atoms with E-state index in [1.807, 2.05) is 0 Å². The van der Waals surface area contributed by atoms with Crippen molar-refractivity contribution in [2.24, 2.45) is 0 Å². The van der Waals surface area contributed by atoms with Gasteiger partial charge in [-0.3, -0.25) is 0 Å². The SMILES string of the molecule is CCCNCCc1ncc(-c2ccccc2C(F)(F)F)o1. The van der Waals surface area contributed by atoms with Crippen LogP contribution in [-0.2, 0) is 12.6 Å². The number of hydrogen-bond acceptors (Lipinski definition) is 3. The highest BCUT2D eigenvalue weighted by molar-refractivity contribution is 5.62. The Morgan fingerprint density at radius 3 is 2.67 bits per heavy atom. The van der Waals surface area contributed by atoms with Crippen LogP contribution in [0.2, 0.25) is 0 Å². The molecule has 0 bridgehead atoms. The molecule has 1 aromatic heterocycles. The summed E-state index contributed by atoms with van der Waals surface area (Å²) in [5.74, 6) is 0.582. The zero-order valence-electron chi connectivity index (χ0n) is 11.7. The van der Waals surface area contributed by atoms with Gasteiger partial charge in [0.1, 0.15) is 0 Å². The molecular weight excluding hydrogens is 281 g/mol. The van der Waals surface area contributed by atoms with E-state index in [2.05, 4.69) is 17.2 Å². The summed E-state index contributed by atoms with van der Waals surface area (Å²) in [7, 11) is 0. The first-order chi connectivity index (χ1) is 10.0. The van der Waals surface area contributed by atoms with E-state index in [1.54, 1.807) is 6.07 Å². The third-order valence-electron chi connectivity index (χ3n) is 2.99. The minimum absolute atomic E-state index is 0.0188. The summed E-state index contributed by atoms with van der Waals surface area (Å²) in [6.07, 6.45) is -1.49. The topological polar surface area (TPSA) is 38.1 Å². The Kier molecular flexibility index (Phi) is 5.01. The van der Waals surface area contributed by atoms with Crippen LogP contribution in [0.1, 0.15) is 24.8 Å². The van der Waals surface area contributed by atoms with Crippen LogP contribution in [0.15, 0.2) is 34.9 Å². The second kappa shape index (κ2) is 6.76. The molecule has 0 fully saturated rings. The number of aromatic nitrogens is 1. The Morgan fingerprint density at radius 1 is 1.19 bits per heavy atom. The molecular formula is C15H17F3N2O. The second-order valence-corrected chi connectivity index (χ2v) is 4.66. The Labute approximate surface area is 121 Å². The first-order valence-electron chi connectivity index (χ1n) is 6.84. The molecule has 0 saturated heterocycles. The molecule has 2 rings (SSSR count). The predicted molar refractivity (Wildman–Crippen MR) is 73.8 cm³/mol. The van der Waals surface area contributed by atoms with E-state index < -0.39 is 11.7 Å². The lowest BCUT2D eigenvalue weighted by Crippen LogP contribution is -2.17. The number of hydrogen-bond donors (Lipinski definition) is 1. The number of oxazole rings is 1. The van der Waals surface area contributed by atoms with Crippen LogP contribution in [0.25, 0.3) is 11.3 Å². The Bertz CT molecular complexity index is 578. The maximum Gasteiger partial charge on any atom is 0.417 e. The monoisotopic (exact) mass is 298 g/mol. The van der Waals surface area contributed by atoms with Crippen molar-refractivity contribution in [1.29, 1.82) is 0 Å². The summed E-state index contributed by atoms with van der Waals surface area (Å²) in [6.45, 7) is 3.64. The molecule has 0 saturated carbocycles. The van der Waals surface area contributed by atoms with Gasteiger partial charge in [0.25, 0.3) is 0 Å². The van der Waals surface area contributed by atoms with Crippen molar-refractivity contribution in [3.05, 3.63) is 41.9 Å². The van der Waals surface area contributed by atoms with Crippen molar-refractivity contribution in [1.82, 2.24) is 10.3 Å². The molecule has 1 aromatic carbocycles. The summed E-state index contributed by atoms with van der Waals surface area (Å²) in [6, 6.07) is 5.34. The molecule has 0 aliphatic rings. The molecule has 3 nitrogen and oxygen atoms in total. The van der Waals surface area contributed by atoms with Crippen LogP contribution in [0, 0.1) is 0 Å². The van der Waals surface area contributed by atoms with Crippen molar-refractivity contribution >= 4 is 0 Å². The molecule has 0 spiro atoms. The Hall–Kier alpha value is -1.82. The van der Waals surface area contributed by atoms with Crippen LogP contribution in [-0.4, -0.2) is 18.1 Å². The normalized spacial score (nSPS) is 11.8. The van der Waals surface area contributed by atoms with Gasteiger partial charge in [0.15, 0.2) is 11.7 Å². The highest BCUT2D eigenvalue weighted by atomic mass is 19.4. The fourth-order valence-corrected chi connectivity index (χ4v) is 1.99. The molecule has 0 amide bonds. The lowest BCUT2D eigenvalue weighted by Gasteiger charge is -2.10. The first kappa shape index (κ1) is 15.6. The molecule has 1 N–H and O–H groups in total. The Morgan fingerprint density at radius 2 is 1.95 bits per heavy atom. The van der Waals surface area contributed by atoms with Crippen LogP contribution in [0.4, 0.5) is 13.2 Å². The zero-order valence-corrected chi connectivity index (χ0v) is 11.7. The van der Waals surface area contributed by atoms with Crippen molar-refractivity contribution < 1.29 is 17.6 Å². The molecule has 0 atom stereocenters. The number of benzene rings is 1. The lowest BCUT2D eigenvalue weighted by atomic mass is 10.1. The van der Waals surface area contributed by atoms with Gasteiger partial charge in [0, 0.05) is 18.5 Å². The highest BCUT2D eigenvalue weighted by Crippen LogP contribution is 2.36. The third kappa shape index (κ3) is 4.07. The molecule has 0 unspecified atom stereocenters. The van der Waals surface area contributed by atoms with Gasteiger partial charge < -0.3 is 9.73 Å². The van der Waals surface area contributed by atoms with Gasteiger partial charge in [-0.1, -0.05) is 25.1 Å². The number of nitrogens with one attached hydrogen (secondary N) is 1. The van der Waals surface area contributed by atoms with E-state index in [0.29, 0.717) is 18.9 Å². The fourth-order valence-electron chi connectivity index (χ4n) is 1.99. The summed E-state index contributed by atoms with van der Waals surface area (Å²) in [4.78, 5) is 4.04. The molecule has 2 aromatic rings. The molecule has 21 heavy (non-hydrogen) atoms. The molecule has 114 valence electrons. The van der Waals surface area contributed by atoms with E-state index in [-0.39, 0.29) is 11.3 Å². The Balaban J connectivity index is 2.15. The zero-order chi connectivity index (χ0) is 15.3. The highest BCUT2D eigenvalue weighted by Gasteiger charge is 2.34. The number of nitrogens with zero attached hydrogens (tertiary/aromatic N) is 1. The van der Waals surface area contributed by atoms with E-state index in [0.717, 1.165) is 19.0 Å². The van der Waals surface area contributed by atoms with Gasteiger partial charge in [-0.05, 0) is 19.0 Å². The molecule has 0 radical (unpaired) electrons. The average Bonchev–Trinajstić information content (AvgIpc) is 2.91. The van der Waals surface area contributed by atoms with Crippen molar-refractivity contribution in [3.8, 4) is 11.3 Å². The molecule has 0 aliphatic heterocycles. The van der Waals surface area contributed by atoms with E-state index in [9.17, 15) is 13.2 Å². The fraction of sp³-hybridized carbons (Fsp3) is 0.400. The van der Waals surface area contributed by atoms with Crippen molar-refractivity contribution in [2.75, 3.05) is 13.1 Å². The third-order valence-corrected chi connectivity index (χ3v) is 2.99. The van der Waals surface area contributed by atoms with Gasteiger partial charge in [0.2, 0.25) is 0 Å². The van der Waals surface area contributed by atoms with E-state index >= 15 is 0 Å². The second-order valence-electron chi connectivity index (χ2n) is 4.66. The smallest absolute Gasteiger partial charge is 0.417 e. The van der Waals surface area contributed by atoms with E-state index in [4.69, 9.17) is 4.42 Å². The maximum absolute atomic E-state index is 13.0. The lowest BCUT2D eigenvalue weighted by molar-refractivity contribution is -0.137. The molecule has 0 aliphatic carbocycles. The average molecular weight is 298 g/mol. The quantitative estimate of drug-likeness (QED) is 0.822.